The first-order valence-corrected chi connectivity index (χ1v) is 23.8. The quantitative estimate of drug-likeness (QED) is 0.0241. The van der Waals surface area contributed by atoms with Gasteiger partial charge in [0.2, 0.25) is 5.91 Å². The lowest BCUT2D eigenvalue weighted by Crippen LogP contribution is -2.27. The molecule has 0 aliphatic heterocycles. The summed E-state index contributed by atoms with van der Waals surface area (Å²) in [4.78, 5) is 33.9. The Hall–Kier alpha value is -1.51. The Balaban J connectivity index is 3.57. The lowest BCUT2D eigenvalue weighted by Gasteiger charge is -2.15. The van der Waals surface area contributed by atoms with Crippen LogP contribution < -0.4 is 5.32 Å². The van der Waals surface area contributed by atoms with Gasteiger partial charge in [0.15, 0.2) is 0 Å². The minimum atomic E-state index is -4.42. The van der Waals surface area contributed by atoms with Crippen LogP contribution in [0.4, 0.5) is 0 Å². The van der Waals surface area contributed by atoms with Crippen molar-refractivity contribution in [1.82, 2.24) is 5.32 Å². The summed E-state index contributed by atoms with van der Waals surface area (Å²) < 4.78 is 26.9. The highest BCUT2D eigenvalue weighted by Crippen LogP contribution is 2.42. The lowest BCUT2D eigenvalue weighted by atomic mass is 10.0. The zero-order chi connectivity index (χ0) is 39.6. The van der Waals surface area contributed by atoms with Gasteiger partial charge in [-0.25, -0.2) is 4.57 Å². The van der Waals surface area contributed by atoms with Crippen LogP contribution in [-0.2, 0) is 27.9 Å². The summed E-state index contributed by atoms with van der Waals surface area (Å²) in [5, 5.41) is 12.7. The number of unbranched alkanes of at least 4 members (excludes halogenated alkanes) is 25. The Morgan fingerprint density at radius 1 is 0.574 bits per heavy atom. The first-order valence-electron chi connectivity index (χ1n) is 22.3. The monoisotopic (exact) mass is 786 g/mol. The third-order valence-corrected chi connectivity index (χ3v) is 10.6. The minimum Gasteiger partial charge on any atom is -0.463 e. The molecule has 0 aromatic rings. The lowest BCUT2D eigenvalue weighted by molar-refractivity contribution is -0.147. The molecule has 2 atom stereocenters. The maximum atomic E-state index is 12.1. The average molecular weight is 786 g/mol. The summed E-state index contributed by atoms with van der Waals surface area (Å²) in [7, 11) is -4.42. The van der Waals surface area contributed by atoms with Gasteiger partial charge < -0.3 is 20.1 Å². The molecule has 0 radical (unpaired) electrons. The number of ether oxygens (including phenoxy) is 1. The van der Waals surface area contributed by atoms with Crippen molar-refractivity contribution in [2.45, 2.75) is 219 Å². The van der Waals surface area contributed by atoms with Crippen molar-refractivity contribution in [2.24, 2.45) is 0 Å². The number of nitrogens with one attached hydrogen (secondary N) is 1. The molecular formula is C44H84NO8P. The molecule has 0 saturated heterocycles. The smallest absolute Gasteiger partial charge is 0.463 e. The van der Waals surface area contributed by atoms with Gasteiger partial charge in [0, 0.05) is 19.4 Å². The van der Waals surface area contributed by atoms with Crippen LogP contribution in [0.2, 0.25) is 0 Å². The van der Waals surface area contributed by atoms with E-state index in [2.05, 4.69) is 43.5 Å². The van der Waals surface area contributed by atoms with Crippen LogP contribution in [0.1, 0.15) is 213 Å². The predicted molar refractivity (Wildman–Crippen MR) is 224 cm³/mol. The highest BCUT2D eigenvalue weighted by Gasteiger charge is 2.23. The first kappa shape index (κ1) is 52.5. The van der Waals surface area contributed by atoms with Crippen molar-refractivity contribution < 1.29 is 37.9 Å². The van der Waals surface area contributed by atoms with E-state index in [0.717, 1.165) is 64.2 Å². The Morgan fingerprint density at radius 2 is 1.02 bits per heavy atom. The number of esters is 1. The zero-order valence-corrected chi connectivity index (χ0v) is 35.8. The van der Waals surface area contributed by atoms with Crippen LogP contribution in [0, 0.1) is 0 Å². The van der Waals surface area contributed by atoms with Gasteiger partial charge in [0.25, 0.3) is 0 Å². The first-order chi connectivity index (χ1) is 26.3. The van der Waals surface area contributed by atoms with E-state index in [1.807, 2.05) is 0 Å². The van der Waals surface area contributed by atoms with Crippen molar-refractivity contribution in [3.8, 4) is 0 Å². The number of allylic oxidation sites excluding steroid dienone is 4. The van der Waals surface area contributed by atoms with E-state index in [-0.39, 0.29) is 32.1 Å². The van der Waals surface area contributed by atoms with Crippen LogP contribution in [0.15, 0.2) is 24.3 Å². The maximum Gasteiger partial charge on any atom is 0.472 e. The standard InChI is InChI=1S/C44H84NO8P/c1-3-5-7-9-11-13-15-17-19-20-21-22-23-24-26-28-30-32-34-36-43(47)45-38-39-52-54(49,50)53-41-42(46)40-51-44(48)37-35-33-31-29-27-25-18-16-14-12-10-8-6-4-2/h10,12,16,18,42,46H,3-9,11,13-15,17,19-41H2,1-2H3,(H,45,47)(H,49,50)/b12-10-,18-16-. The molecule has 318 valence electrons. The molecule has 3 N–H and O–H groups in total. The van der Waals surface area contributed by atoms with Crippen LogP contribution in [0.25, 0.3) is 0 Å². The van der Waals surface area contributed by atoms with Gasteiger partial charge >= 0.3 is 13.8 Å². The second-order valence-corrected chi connectivity index (χ2v) is 16.5. The van der Waals surface area contributed by atoms with Gasteiger partial charge in [0.1, 0.15) is 12.7 Å². The van der Waals surface area contributed by atoms with Gasteiger partial charge in [-0.1, -0.05) is 186 Å². The van der Waals surface area contributed by atoms with Crippen molar-refractivity contribution in [3.05, 3.63) is 24.3 Å². The van der Waals surface area contributed by atoms with Crippen molar-refractivity contribution >= 4 is 19.7 Å². The van der Waals surface area contributed by atoms with Gasteiger partial charge in [-0.3, -0.25) is 18.6 Å². The molecule has 10 heteroatoms. The van der Waals surface area contributed by atoms with Crippen LogP contribution in [0.3, 0.4) is 0 Å². The van der Waals surface area contributed by atoms with Crippen molar-refractivity contribution in [2.75, 3.05) is 26.4 Å². The van der Waals surface area contributed by atoms with Gasteiger partial charge in [-0.15, -0.1) is 0 Å². The van der Waals surface area contributed by atoms with Crippen molar-refractivity contribution in [1.29, 1.82) is 0 Å². The van der Waals surface area contributed by atoms with E-state index < -0.39 is 26.5 Å². The molecule has 0 aromatic carbocycles. The SMILES string of the molecule is CCCC/C=C\C/C=C\CCCCCCCC(=O)OCC(O)COP(=O)(O)OCCNC(=O)CCCCCCCCCCCCCCCCCCCCC. The molecule has 2 unspecified atom stereocenters. The van der Waals surface area contributed by atoms with Crippen LogP contribution in [-0.4, -0.2) is 54.3 Å². The third kappa shape index (κ3) is 41.6. The molecular weight excluding hydrogens is 701 g/mol. The number of hydrogen-bond acceptors (Lipinski definition) is 7. The normalized spacial score (nSPS) is 13.5. The minimum absolute atomic E-state index is 0.0835. The summed E-state index contributed by atoms with van der Waals surface area (Å²) >= 11 is 0. The second kappa shape index (κ2) is 41.1. The highest BCUT2D eigenvalue weighted by molar-refractivity contribution is 7.47. The van der Waals surface area contributed by atoms with Crippen molar-refractivity contribution in [3.63, 3.8) is 0 Å². The van der Waals surface area contributed by atoms with E-state index in [0.29, 0.717) is 6.42 Å². The highest BCUT2D eigenvalue weighted by atomic mass is 31.2. The van der Waals surface area contributed by atoms with E-state index >= 15 is 0 Å². The summed E-state index contributed by atoms with van der Waals surface area (Å²) in [6.45, 7) is 3.52. The molecule has 0 aliphatic carbocycles. The van der Waals surface area contributed by atoms with Gasteiger partial charge in [-0.2, -0.15) is 0 Å². The van der Waals surface area contributed by atoms with Gasteiger partial charge in [-0.05, 0) is 38.5 Å². The zero-order valence-electron chi connectivity index (χ0n) is 34.9. The summed E-state index contributed by atoms with van der Waals surface area (Å²) in [6, 6.07) is 0. The third-order valence-electron chi connectivity index (χ3n) is 9.63. The Labute approximate surface area is 331 Å². The van der Waals surface area contributed by atoms with Gasteiger partial charge in [0.05, 0.1) is 13.2 Å². The topological polar surface area (TPSA) is 131 Å². The molecule has 9 nitrogen and oxygen atoms in total. The fourth-order valence-electron chi connectivity index (χ4n) is 6.22. The molecule has 1 amide bonds. The molecule has 0 aliphatic rings. The number of aliphatic hydroxyl groups is 1. The van der Waals surface area contributed by atoms with E-state index in [9.17, 15) is 24.2 Å². The van der Waals surface area contributed by atoms with E-state index in [1.165, 1.54) is 122 Å². The fraction of sp³-hybridized carbons (Fsp3) is 0.864. The molecule has 0 rings (SSSR count). The van der Waals surface area contributed by atoms with E-state index in [4.69, 9.17) is 13.8 Å². The predicted octanol–water partition coefficient (Wildman–Crippen LogP) is 12.4. The molecule has 0 bridgehead atoms. The second-order valence-electron chi connectivity index (χ2n) is 15.0. The van der Waals surface area contributed by atoms with E-state index in [1.54, 1.807) is 0 Å². The number of phosphoric ester groups is 1. The van der Waals surface area contributed by atoms with Crippen LogP contribution >= 0.6 is 7.82 Å². The number of amides is 1. The number of carbonyl (C=O) groups excluding carboxylic acids is 2. The fourth-order valence-corrected chi connectivity index (χ4v) is 6.98. The Kier molecular flexibility index (Phi) is 40.0. The number of aliphatic hydroxyl groups excluding tert-OH is 1. The molecule has 0 saturated carbocycles. The molecule has 54 heavy (non-hydrogen) atoms. The average Bonchev–Trinajstić information content (AvgIpc) is 3.16. The molecule has 0 heterocycles. The number of phosphoric acid groups is 1. The largest absolute Gasteiger partial charge is 0.472 e. The number of carbonyl (C=O) groups is 2. The Morgan fingerprint density at radius 3 is 1.54 bits per heavy atom. The Bertz CT molecular complexity index is 944. The summed E-state index contributed by atoms with van der Waals surface area (Å²) in [6.07, 6.45) is 43.9. The summed E-state index contributed by atoms with van der Waals surface area (Å²) in [5.41, 5.74) is 0. The number of hydrogen-bond donors (Lipinski definition) is 3. The molecule has 0 aromatic heterocycles. The van der Waals surface area contributed by atoms with Crippen LogP contribution in [0.5, 0.6) is 0 Å². The maximum absolute atomic E-state index is 12.1. The molecule has 0 spiro atoms. The number of rotatable bonds is 42. The summed E-state index contributed by atoms with van der Waals surface area (Å²) in [5.74, 6) is -0.524. The molecule has 0 fully saturated rings.